The second kappa shape index (κ2) is 7.70. The van der Waals surface area contributed by atoms with E-state index in [9.17, 15) is 4.79 Å². The maximum atomic E-state index is 12.4. The molecule has 0 bridgehead atoms. The van der Waals surface area contributed by atoms with Gasteiger partial charge in [0.2, 0.25) is 0 Å². The molecule has 4 rings (SSSR count). The molecule has 4 aromatic rings. The highest BCUT2D eigenvalue weighted by molar-refractivity contribution is 7.17. The van der Waals surface area contributed by atoms with Crippen molar-refractivity contribution in [3.05, 3.63) is 82.9 Å². The Morgan fingerprint density at radius 1 is 1.18 bits per heavy atom. The Kier molecular flexibility index (Phi) is 4.95. The zero-order valence-corrected chi connectivity index (χ0v) is 16.1. The van der Waals surface area contributed by atoms with E-state index >= 15 is 0 Å². The molecule has 2 aromatic carbocycles. The standard InChI is InChI=1S/C22H19N3O2S/c1-14-7-8-17(25-22(26)15-5-3-2-4-6-15)11-18(14)27-12-16-13-28-19-9-10-24-21(23)20(16)19/h2-11,13H,12H2,1H3,(H2,23,24)(H,25,26). The molecule has 5 nitrogen and oxygen atoms in total. The average Bonchev–Trinajstić information content (AvgIpc) is 3.13. The summed E-state index contributed by atoms with van der Waals surface area (Å²) in [6.45, 7) is 2.35. The molecule has 0 saturated carbocycles. The molecule has 2 heterocycles. The fraction of sp³-hybridized carbons (Fsp3) is 0.0909. The van der Waals surface area contributed by atoms with Crippen LogP contribution in [0.4, 0.5) is 11.5 Å². The molecule has 0 unspecified atom stereocenters. The van der Waals surface area contributed by atoms with Gasteiger partial charge in [0.05, 0.1) is 0 Å². The van der Waals surface area contributed by atoms with Gasteiger partial charge in [-0.1, -0.05) is 24.3 Å². The summed E-state index contributed by atoms with van der Waals surface area (Å²) in [5, 5.41) is 5.89. The fourth-order valence-corrected chi connectivity index (χ4v) is 3.91. The van der Waals surface area contributed by atoms with Crippen LogP contribution >= 0.6 is 11.3 Å². The summed E-state index contributed by atoms with van der Waals surface area (Å²) in [4.78, 5) is 16.5. The molecule has 0 saturated heterocycles. The average molecular weight is 389 g/mol. The monoisotopic (exact) mass is 389 g/mol. The lowest BCUT2D eigenvalue weighted by atomic mass is 10.1. The number of rotatable bonds is 5. The largest absolute Gasteiger partial charge is 0.489 e. The van der Waals surface area contributed by atoms with Crippen LogP contribution in [0, 0.1) is 6.92 Å². The van der Waals surface area contributed by atoms with Gasteiger partial charge in [0, 0.05) is 39.2 Å². The van der Waals surface area contributed by atoms with Crippen LogP contribution in [0.1, 0.15) is 21.5 Å². The zero-order chi connectivity index (χ0) is 19.5. The van der Waals surface area contributed by atoms with Gasteiger partial charge in [-0.05, 0) is 42.1 Å². The Balaban J connectivity index is 1.52. The third-order valence-corrected chi connectivity index (χ3v) is 5.45. The van der Waals surface area contributed by atoms with Crippen molar-refractivity contribution < 1.29 is 9.53 Å². The molecule has 2 aromatic heterocycles. The van der Waals surface area contributed by atoms with Crippen LogP contribution < -0.4 is 15.8 Å². The van der Waals surface area contributed by atoms with Crippen molar-refractivity contribution in [2.45, 2.75) is 13.5 Å². The summed E-state index contributed by atoms with van der Waals surface area (Å²) in [6.07, 6.45) is 1.71. The van der Waals surface area contributed by atoms with E-state index in [0.717, 1.165) is 21.2 Å². The van der Waals surface area contributed by atoms with Crippen molar-refractivity contribution in [2.75, 3.05) is 11.1 Å². The van der Waals surface area contributed by atoms with Crippen molar-refractivity contribution in [2.24, 2.45) is 0 Å². The summed E-state index contributed by atoms with van der Waals surface area (Å²) < 4.78 is 7.13. The second-order valence-electron chi connectivity index (χ2n) is 6.42. The number of amides is 1. The molecule has 0 aliphatic rings. The number of carbonyl (C=O) groups is 1. The van der Waals surface area contributed by atoms with Crippen molar-refractivity contribution in [1.82, 2.24) is 4.98 Å². The molecule has 1 amide bonds. The number of fused-ring (bicyclic) bond motifs is 1. The number of nitrogens with zero attached hydrogens (tertiary/aromatic N) is 1. The summed E-state index contributed by atoms with van der Waals surface area (Å²) in [5.41, 5.74) is 9.32. The lowest BCUT2D eigenvalue weighted by molar-refractivity contribution is 0.102. The Bertz CT molecular complexity index is 1140. The van der Waals surface area contributed by atoms with Gasteiger partial charge in [0.25, 0.3) is 5.91 Å². The lowest BCUT2D eigenvalue weighted by Gasteiger charge is -2.12. The van der Waals surface area contributed by atoms with Gasteiger partial charge >= 0.3 is 0 Å². The Morgan fingerprint density at radius 2 is 2.00 bits per heavy atom. The van der Waals surface area contributed by atoms with Gasteiger partial charge in [-0.2, -0.15) is 0 Å². The summed E-state index contributed by atoms with van der Waals surface area (Å²) >= 11 is 1.62. The van der Waals surface area contributed by atoms with E-state index in [1.54, 1.807) is 29.7 Å². The van der Waals surface area contributed by atoms with E-state index in [0.29, 0.717) is 29.4 Å². The number of carbonyl (C=O) groups excluding carboxylic acids is 1. The van der Waals surface area contributed by atoms with Crippen molar-refractivity contribution in [1.29, 1.82) is 0 Å². The number of benzene rings is 2. The van der Waals surface area contributed by atoms with Crippen molar-refractivity contribution in [3.63, 3.8) is 0 Å². The third-order valence-electron chi connectivity index (χ3n) is 4.46. The summed E-state index contributed by atoms with van der Waals surface area (Å²) in [6, 6.07) is 16.7. The van der Waals surface area contributed by atoms with Gasteiger partial charge in [-0.15, -0.1) is 11.3 Å². The number of thiophene rings is 1. The zero-order valence-electron chi connectivity index (χ0n) is 15.3. The van der Waals surface area contributed by atoms with E-state index < -0.39 is 0 Å². The maximum Gasteiger partial charge on any atom is 0.255 e. The Labute approximate surface area is 166 Å². The predicted molar refractivity (Wildman–Crippen MR) is 114 cm³/mol. The van der Waals surface area contributed by atoms with Crippen LogP contribution in [-0.2, 0) is 6.61 Å². The molecule has 6 heteroatoms. The van der Waals surface area contributed by atoms with E-state index in [4.69, 9.17) is 10.5 Å². The van der Waals surface area contributed by atoms with Crippen molar-refractivity contribution >= 4 is 38.8 Å². The first-order valence-electron chi connectivity index (χ1n) is 8.82. The molecular weight excluding hydrogens is 370 g/mol. The number of nitrogens with one attached hydrogen (secondary N) is 1. The highest BCUT2D eigenvalue weighted by Crippen LogP contribution is 2.31. The minimum Gasteiger partial charge on any atom is -0.489 e. The first-order chi connectivity index (χ1) is 13.6. The molecule has 3 N–H and O–H groups in total. The molecule has 0 radical (unpaired) electrons. The van der Waals surface area contributed by atoms with Gasteiger partial charge in [0.15, 0.2) is 0 Å². The first-order valence-corrected chi connectivity index (χ1v) is 9.70. The fourth-order valence-electron chi connectivity index (χ4n) is 2.96. The molecular formula is C22H19N3O2S. The van der Waals surface area contributed by atoms with E-state index in [-0.39, 0.29) is 5.91 Å². The Morgan fingerprint density at radius 3 is 2.82 bits per heavy atom. The molecule has 0 atom stereocenters. The summed E-state index contributed by atoms with van der Waals surface area (Å²) in [5.74, 6) is 1.07. The molecule has 140 valence electrons. The molecule has 0 fully saturated rings. The van der Waals surface area contributed by atoms with Crippen LogP contribution in [0.2, 0.25) is 0 Å². The van der Waals surface area contributed by atoms with Crippen LogP contribution in [-0.4, -0.2) is 10.9 Å². The number of nitrogens with two attached hydrogens (primary N) is 1. The maximum absolute atomic E-state index is 12.4. The number of ether oxygens (including phenoxy) is 1. The Hall–Kier alpha value is -3.38. The lowest BCUT2D eigenvalue weighted by Crippen LogP contribution is -2.11. The van der Waals surface area contributed by atoms with Crippen LogP contribution in [0.15, 0.2) is 66.2 Å². The number of nitrogen functional groups attached to an aromatic ring is 1. The quantitative estimate of drug-likeness (QED) is 0.502. The number of hydrogen-bond acceptors (Lipinski definition) is 5. The predicted octanol–water partition coefficient (Wildman–Crippen LogP) is 5.02. The second-order valence-corrected chi connectivity index (χ2v) is 7.33. The number of hydrogen-bond donors (Lipinski definition) is 2. The number of aryl methyl sites for hydroxylation is 1. The van der Waals surface area contributed by atoms with E-state index in [1.807, 2.05) is 54.8 Å². The molecule has 0 aliphatic heterocycles. The molecule has 0 aliphatic carbocycles. The molecule has 0 spiro atoms. The van der Waals surface area contributed by atoms with Crippen LogP contribution in [0.5, 0.6) is 5.75 Å². The van der Waals surface area contributed by atoms with E-state index in [2.05, 4.69) is 10.3 Å². The van der Waals surface area contributed by atoms with E-state index in [1.165, 1.54) is 0 Å². The van der Waals surface area contributed by atoms with Crippen molar-refractivity contribution in [3.8, 4) is 5.75 Å². The SMILES string of the molecule is Cc1ccc(NC(=O)c2ccccc2)cc1OCc1csc2ccnc(N)c12. The van der Waals surface area contributed by atoms with Crippen LogP contribution in [0.3, 0.4) is 0 Å². The normalized spacial score (nSPS) is 10.8. The van der Waals surface area contributed by atoms with Gasteiger partial charge in [-0.25, -0.2) is 4.98 Å². The highest BCUT2D eigenvalue weighted by atomic mass is 32.1. The molecule has 28 heavy (non-hydrogen) atoms. The smallest absolute Gasteiger partial charge is 0.255 e. The summed E-state index contributed by atoms with van der Waals surface area (Å²) in [7, 11) is 0. The number of aromatic nitrogens is 1. The minimum atomic E-state index is -0.155. The van der Waals surface area contributed by atoms with Gasteiger partial charge < -0.3 is 15.8 Å². The number of anilines is 2. The van der Waals surface area contributed by atoms with Gasteiger partial charge in [-0.3, -0.25) is 4.79 Å². The van der Waals surface area contributed by atoms with Crippen LogP contribution in [0.25, 0.3) is 10.1 Å². The minimum absolute atomic E-state index is 0.155. The number of pyridine rings is 1. The van der Waals surface area contributed by atoms with Gasteiger partial charge in [0.1, 0.15) is 18.2 Å². The third kappa shape index (κ3) is 3.68. The first kappa shape index (κ1) is 18.0. The highest BCUT2D eigenvalue weighted by Gasteiger charge is 2.11. The topological polar surface area (TPSA) is 77.2 Å².